The first kappa shape index (κ1) is 24.5. The molecule has 3 heterocycles. The molecular weight excluding hydrogens is 475 g/mol. The normalized spacial score (nSPS) is 11.2. The number of rotatable bonds is 7. The molecule has 36 heavy (non-hydrogen) atoms. The molecule has 3 aromatic heterocycles. The number of nitrogen functional groups attached to an aromatic ring is 1. The number of carbonyl (C=O) groups is 2. The second kappa shape index (κ2) is 9.95. The summed E-state index contributed by atoms with van der Waals surface area (Å²) >= 11 is 0. The van der Waals surface area contributed by atoms with E-state index in [9.17, 15) is 14.0 Å². The number of aryl methyl sites for hydroxylation is 1. The minimum atomic E-state index is -0.874. The van der Waals surface area contributed by atoms with E-state index in [2.05, 4.69) is 24.9 Å². The Labute approximate surface area is 204 Å². The summed E-state index contributed by atoms with van der Waals surface area (Å²) < 4.78 is 30.0. The molecule has 0 aliphatic carbocycles. The predicted octanol–water partition coefficient (Wildman–Crippen LogP) is 2.36. The van der Waals surface area contributed by atoms with Crippen LogP contribution < -0.4 is 15.4 Å². The second-order valence-electron chi connectivity index (χ2n) is 8.00. The molecule has 14 heteroatoms. The molecule has 13 nitrogen and oxygen atoms in total. The van der Waals surface area contributed by atoms with Gasteiger partial charge in [0.05, 0.1) is 35.5 Å². The van der Waals surface area contributed by atoms with Crippen molar-refractivity contribution >= 4 is 45.5 Å². The number of H-pyrrole nitrogens is 1. The van der Waals surface area contributed by atoms with Gasteiger partial charge in [0, 0.05) is 12.4 Å². The highest BCUT2D eigenvalue weighted by atomic mass is 19.1. The van der Waals surface area contributed by atoms with Gasteiger partial charge in [-0.05, 0) is 33.2 Å². The Kier molecular flexibility index (Phi) is 6.78. The van der Waals surface area contributed by atoms with E-state index >= 15 is 0 Å². The molecular formula is C22H23FN8O5. The summed E-state index contributed by atoms with van der Waals surface area (Å²) in [6.45, 7) is 1.16. The van der Waals surface area contributed by atoms with Crippen molar-refractivity contribution in [1.82, 2.24) is 29.8 Å². The zero-order valence-electron chi connectivity index (χ0n) is 19.9. The van der Waals surface area contributed by atoms with Gasteiger partial charge in [0.2, 0.25) is 6.79 Å². The molecule has 0 unspecified atom stereocenters. The number of fused-ring (bicyclic) bond motifs is 3. The Balaban J connectivity index is 1.62. The van der Waals surface area contributed by atoms with Crippen LogP contribution in [0.4, 0.5) is 20.7 Å². The van der Waals surface area contributed by atoms with Gasteiger partial charge in [0.25, 0.3) is 0 Å². The molecule has 0 saturated heterocycles. The van der Waals surface area contributed by atoms with Gasteiger partial charge in [-0.2, -0.15) is 9.97 Å². The fourth-order valence-corrected chi connectivity index (χ4v) is 3.35. The predicted molar refractivity (Wildman–Crippen MR) is 127 cm³/mol. The van der Waals surface area contributed by atoms with Crippen LogP contribution in [0.2, 0.25) is 0 Å². The van der Waals surface area contributed by atoms with Crippen molar-refractivity contribution in [2.24, 2.45) is 0 Å². The summed E-state index contributed by atoms with van der Waals surface area (Å²) in [6.07, 6.45) is 2.05. The number of hydrogen-bond donors (Lipinski definition) is 2. The van der Waals surface area contributed by atoms with Gasteiger partial charge in [-0.15, -0.1) is 0 Å². The van der Waals surface area contributed by atoms with Gasteiger partial charge in [-0.1, -0.05) is 0 Å². The molecule has 0 radical (unpaired) electrons. The minimum absolute atomic E-state index is 0.0259. The lowest BCUT2D eigenvalue weighted by molar-refractivity contribution is -0.152. The lowest BCUT2D eigenvalue weighted by Gasteiger charge is -2.18. The smallest absolute Gasteiger partial charge is 0.416 e. The van der Waals surface area contributed by atoms with Gasteiger partial charge in [-0.3, -0.25) is 14.6 Å². The number of nitrogens with one attached hydrogen (secondary N) is 1. The summed E-state index contributed by atoms with van der Waals surface area (Å²) in [4.78, 5) is 46.4. The SMILES string of the molecule is Cc1ncc(Oc2nc(N)c3c(n2)[nH]c2c(N(C)C(=O)OCOC(=O)CN(C)C)cc(F)cc23)cn1. The molecule has 0 aliphatic heterocycles. The third-order valence-corrected chi connectivity index (χ3v) is 4.96. The van der Waals surface area contributed by atoms with Crippen LogP contribution in [0.1, 0.15) is 5.82 Å². The van der Waals surface area contributed by atoms with Crippen LogP contribution in [0.15, 0.2) is 24.5 Å². The average molecular weight is 498 g/mol. The van der Waals surface area contributed by atoms with Gasteiger partial charge in [-0.25, -0.2) is 19.2 Å². The quantitative estimate of drug-likeness (QED) is 0.284. The van der Waals surface area contributed by atoms with E-state index in [1.165, 1.54) is 25.5 Å². The molecule has 1 aromatic carbocycles. The van der Waals surface area contributed by atoms with E-state index < -0.39 is 24.7 Å². The maximum atomic E-state index is 14.5. The Bertz CT molecular complexity index is 1440. The lowest BCUT2D eigenvalue weighted by atomic mass is 10.1. The summed E-state index contributed by atoms with van der Waals surface area (Å²) in [7, 11) is 4.77. The summed E-state index contributed by atoms with van der Waals surface area (Å²) in [5, 5.41) is 0.692. The number of halogens is 1. The molecule has 0 saturated carbocycles. The molecule has 0 spiro atoms. The van der Waals surface area contributed by atoms with Crippen LogP contribution in [0.3, 0.4) is 0 Å². The van der Waals surface area contributed by atoms with Crippen molar-refractivity contribution in [3.63, 3.8) is 0 Å². The van der Waals surface area contributed by atoms with Gasteiger partial charge in [0.1, 0.15) is 23.1 Å². The molecule has 0 fully saturated rings. The second-order valence-corrected chi connectivity index (χ2v) is 8.00. The van der Waals surface area contributed by atoms with Crippen LogP contribution in [-0.4, -0.2) is 76.4 Å². The molecule has 3 N–H and O–H groups in total. The highest BCUT2D eigenvalue weighted by Gasteiger charge is 2.22. The number of nitrogens with two attached hydrogens (primary N) is 1. The number of aromatic amines is 1. The molecule has 0 bridgehead atoms. The topological polar surface area (TPSA) is 162 Å². The van der Waals surface area contributed by atoms with E-state index in [-0.39, 0.29) is 29.7 Å². The standard InChI is InChI=1S/C22H23FN8O5/c1-11-25-7-13(8-26-11)36-21-28-19(24)17-14-5-12(23)6-15(18(14)27-20(17)29-21)31(4)22(33)35-10-34-16(32)9-30(2)3/h5-8H,9-10H2,1-4H3,(H3,24,27,28,29). The average Bonchev–Trinajstić information content (AvgIpc) is 3.17. The van der Waals surface area contributed by atoms with Crippen LogP contribution in [0, 0.1) is 12.7 Å². The largest absolute Gasteiger partial charge is 0.427 e. The number of amides is 1. The van der Waals surface area contributed by atoms with E-state index in [0.717, 1.165) is 11.0 Å². The van der Waals surface area contributed by atoms with E-state index in [1.54, 1.807) is 25.9 Å². The number of nitrogens with zero attached hydrogens (tertiary/aromatic N) is 6. The van der Waals surface area contributed by atoms with Crippen molar-refractivity contribution in [2.75, 3.05) is 45.1 Å². The number of ether oxygens (including phenoxy) is 3. The molecule has 4 rings (SSSR count). The Morgan fingerprint density at radius 1 is 1.11 bits per heavy atom. The number of carbonyl (C=O) groups excluding carboxylic acids is 2. The van der Waals surface area contributed by atoms with Crippen LogP contribution in [0.5, 0.6) is 11.8 Å². The number of esters is 1. The third kappa shape index (κ3) is 5.22. The van der Waals surface area contributed by atoms with Crippen LogP contribution >= 0.6 is 0 Å². The fraction of sp³-hybridized carbons (Fsp3) is 0.273. The van der Waals surface area contributed by atoms with Gasteiger partial charge < -0.3 is 24.9 Å². The van der Waals surface area contributed by atoms with Gasteiger partial charge >= 0.3 is 18.1 Å². The van der Waals surface area contributed by atoms with E-state index in [1.807, 2.05) is 0 Å². The number of likely N-dealkylation sites (N-methyl/N-ethyl adjacent to an activating group) is 1. The summed E-state index contributed by atoms with van der Waals surface area (Å²) in [5.41, 5.74) is 6.90. The zero-order valence-corrected chi connectivity index (χ0v) is 19.9. The Morgan fingerprint density at radius 3 is 2.53 bits per heavy atom. The first-order valence-electron chi connectivity index (χ1n) is 10.6. The highest BCUT2D eigenvalue weighted by Crippen LogP contribution is 2.36. The highest BCUT2D eigenvalue weighted by molar-refractivity contribution is 6.15. The number of aromatic nitrogens is 5. The Morgan fingerprint density at radius 2 is 1.83 bits per heavy atom. The van der Waals surface area contributed by atoms with Crippen molar-refractivity contribution in [2.45, 2.75) is 6.92 Å². The number of anilines is 2. The monoisotopic (exact) mass is 498 g/mol. The maximum absolute atomic E-state index is 14.5. The molecule has 0 aliphatic rings. The van der Waals surface area contributed by atoms with Crippen molar-refractivity contribution in [3.8, 4) is 11.8 Å². The van der Waals surface area contributed by atoms with E-state index in [4.69, 9.17) is 19.9 Å². The lowest BCUT2D eigenvalue weighted by Crippen LogP contribution is -2.30. The summed E-state index contributed by atoms with van der Waals surface area (Å²) in [5.74, 6) is -0.298. The number of hydrogen-bond acceptors (Lipinski definition) is 11. The molecule has 188 valence electrons. The molecule has 0 atom stereocenters. The van der Waals surface area contributed by atoms with Crippen molar-refractivity contribution < 1.29 is 28.2 Å². The van der Waals surface area contributed by atoms with Gasteiger partial charge in [0.15, 0.2) is 5.75 Å². The van der Waals surface area contributed by atoms with Crippen molar-refractivity contribution in [1.29, 1.82) is 0 Å². The fourth-order valence-electron chi connectivity index (χ4n) is 3.35. The Hall–Kier alpha value is -4.59. The van der Waals surface area contributed by atoms with E-state index in [0.29, 0.717) is 27.9 Å². The van der Waals surface area contributed by atoms with Crippen molar-refractivity contribution in [3.05, 3.63) is 36.2 Å². The minimum Gasteiger partial charge on any atom is -0.427 e. The first-order chi connectivity index (χ1) is 17.1. The van der Waals surface area contributed by atoms with Crippen LogP contribution in [-0.2, 0) is 14.3 Å². The third-order valence-electron chi connectivity index (χ3n) is 4.96. The zero-order chi connectivity index (χ0) is 26.0. The maximum Gasteiger partial charge on any atom is 0.416 e. The number of benzene rings is 1. The summed E-state index contributed by atoms with van der Waals surface area (Å²) in [6, 6.07) is 2.31. The molecule has 1 amide bonds. The van der Waals surface area contributed by atoms with Crippen LogP contribution in [0.25, 0.3) is 21.9 Å². The first-order valence-corrected chi connectivity index (χ1v) is 10.6. The molecule has 4 aromatic rings.